The second kappa shape index (κ2) is 7.33. The van der Waals surface area contributed by atoms with E-state index in [0.717, 1.165) is 61.8 Å². The zero-order valence-electron chi connectivity index (χ0n) is 16.2. The number of pyridine rings is 1. The number of hydrogen-bond donors (Lipinski definition) is 0. The van der Waals surface area contributed by atoms with Crippen molar-refractivity contribution in [3.8, 4) is 6.07 Å². The molecule has 0 N–H and O–H groups in total. The molecule has 1 fully saturated rings. The average molecular weight is 341 g/mol. The van der Waals surface area contributed by atoms with E-state index in [1.54, 1.807) is 0 Å². The number of piperidine rings is 1. The van der Waals surface area contributed by atoms with Crippen molar-refractivity contribution in [3.05, 3.63) is 22.4 Å². The smallest absolute Gasteiger partial charge is 0.147 e. The highest BCUT2D eigenvalue weighted by Gasteiger charge is 2.33. The van der Waals surface area contributed by atoms with Crippen LogP contribution in [0.5, 0.6) is 0 Å². The van der Waals surface area contributed by atoms with Gasteiger partial charge < -0.3 is 9.64 Å². The molecule has 1 aromatic rings. The summed E-state index contributed by atoms with van der Waals surface area (Å²) in [7, 11) is 0. The van der Waals surface area contributed by atoms with Crippen LogP contribution in [0.1, 0.15) is 75.8 Å². The molecule has 0 aliphatic carbocycles. The van der Waals surface area contributed by atoms with Gasteiger partial charge in [0.25, 0.3) is 0 Å². The largest absolute Gasteiger partial charge is 0.370 e. The summed E-state index contributed by atoms with van der Waals surface area (Å²) in [4.78, 5) is 7.36. The van der Waals surface area contributed by atoms with Gasteiger partial charge in [-0.25, -0.2) is 4.98 Å². The molecule has 0 amide bonds. The Morgan fingerprint density at radius 3 is 2.64 bits per heavy atom. The fourth-order valence-corrected chi connectivity index (χ4v) is 3.94. The summed E-state index contributed by atoms with van der Waals surface area (Å²) in [5.41, 5.74) is 4.10. The van der Waals surface area contributed by atoms with Gasteiger partial charge in [-0.3, -0.25) is 0 Å². The summed E-state index contributed by atoms with van der Waals surface area (Å²) in [6.45, 7) is 11.4. The second-order valence-electron chi connectivity index (χ2n) is 8.32. The van der Waals surface area contributed by atoms with Crippen LogP contribution < -0.4 is 4.90 Å². The Morgan fingerprint density at radius 1 is 1.28 bits per heavy atom. The molecule has 1 saturated heterocycles. The standard InChI is InChI=1S/C21H31N3O/c1-5-6-7-19-18-14-25-21(3,4)12-16(18)17(13-22)20(23-19)24-10-8-15(2)9-11-24/h15H,5-12,14H2,1-4H3. The van der Waals surface area contributed by atoms with E-state index in [2.05, 4.69) is 38.7 Å². The first kappa shape index (κ1) is 18.2. The van der Waals surface area contributed by atoms with Gasteiger partial charge in [-0.2, -0.15) is 5.26 Å². The number of unbranched alkanes of at least 4 members (excludes halogenated alkanes) is 1. The van der Waals surface area contributed by atoms with Gasteiger partial charge in [0, 0.05) is 30.8 Å². The minimum absolute atomic E-state index is 0.213. The van der Waals surface area contributed by atoms with Crippen molar-refractivity contribution < 1.29 is 4.74 Å². The molecule has 2 aliphatic heterocycles. The van der Waals surface area contributed by atoms with Gasteiger partial charge in [0.15, 0.2) is 0 Å². The monoisotopic (exact) mass is 341 g/mol. The highest BCUT2D eigenvalue weighted by Crippen LogP contribution is 2.36. The van der Waals surface area contributed by atoms with Crippen molar-refractivity contribution in [2.75, 3.05) is 18.0 Å². The number of fused-ring (bicyclic) bond motifs is 1. The van der Waals surface area contributed by atoms with E-state index in [1.807, 2.05) is 0 Å². The van der Waals surface area contributed by atoms with Gasteiger partial charge >= 0.3 is 0 Å². The molecule has 0 aromatic carbocycles. The number of hydrogen-bond acceptors (Lipinski definition) is 4. The van der Waals surface area contributed by atoms with Crippen LogP contribution in [0.4, 0.5) is 5.82 Å². The number of rotatable bonds is 4. The zero-order valence-corrected chi connectivity index (χ0v) is 16.2. The van der Waals surface area contributed by atoms with Crippen molar-refractivity contribution in [2.45, 2.75) is 78.4 Å². The fourth-order valence-electron chi connectivity index (χ4n) is 3.94. The molecule has 4 nitrogen and oxygen atoms in total. The number of ether oxygens (including phenoxy) is 1. The Labute approximate surface area is 152 Å². The van der Waals surface area contributed by atoms with E-state index in [1.165, 1.54) is 24.0 Å². The van der Waals surface area contributed by atoms with Crippen molar-refractivity contribution in [3.63, 3.8) is 0 Å². The molecule has 0 bridgehead atoms. The van der Waals surface area contributed by atoms with Gasteiger partial charge in [-0.15, -0.1) is 0 Å². The number of anilines is 1. The number of aromatic nitrogens is 1. The van der Waals surface area contributed by atoms with Crippen LogP contribution in [0.2, 0.25) is 0 Å². The van der Waals surface area contributed by atoms with E-state index >= 15 is 0 Å². The molecular formula is C21H31N3O. The van der Waals surface area contributed by atoms with E-state index in [9.17, 15) is 5.26 Å². The van der Waals surface area contributed by atoms with Gasteiger partial charge in [-0.05, 0) is 51.0 Å². The van der Waals surface area contributed by atoms with Gasteiger partial charge in [0.2, 0.25) is 0 Å². The molecule has 0 saturated carbocycles. The number of nitrogens with zero attached hydrogens (tertiary/aromatic N) is 3. The summed E-state index contributed by atoms with van der Waals surface area (Å²) >= 11 is 0. The number of aryl methyl sites for hydroxylation is 1. The van der Waals surface area contributed by atoms with Crippen molar-refractivity contribution in [2.24, 2.45) is 5.92 Å². The molecule has 0 atom stereocenters. The lowest BCUT2D eigenvalue weighted by molar-refractivity contribution is -0.0407. The van der Waals surface area contributed by atoms with E-state index < -0.39 is 0 Å². The molecule has 4 heteroatoms. The lowest BCUT2D eigenvalue weighted by Gasteiger charge is -2.36. The van der Waals surface area contributed by atoms with Crippen LogP contribution in [-0.4, -0.2) is 23.7 Å². The van der Waals surface area contributed by atoms with Gasteiger partial charge in [-0.1, -0.05) is 20.3 Å². The van der Waals surface area contributed by atoms with E-state index in [0.29, 0.717) is 6.61 Å². The van der Waals surface area contributed by atoms with Gasteiger partial charge in [0.05, 0.1) is 17.8 Å². The molecule has 0 spiro atoms. The van der Waals surface area contributed by atoms with Crippen LogP contribution in [-0.2, 0) is 24.2 Å². The third kappa shape index (κ3) is 3.82. The Morgan fingerprint density at radius 2 is 2.00 bits per heavy atom. The molecule has 3 rings (SSSR count). The molecule has 0 radical (unpaired) electrons. The lowest BCUT2D eigenvalue weighted by Crippen LogP contribution is -2.37. The first-order chi connectivity index (χ1) is 11.9. The third-order valence-electron chi connectivity index (χ3n) is 5.65. The Bertz CT molecular complexity index is 667. The Balaban J connectivity index is 2.06. The molecule has 2 aliphatic rings. The SMILES string of the molecule is CCCCc1nc(N2CCC(C)CC2)c(C#N)c2c1COC(C)(C)C2. The van der Waals surface area contributed by atoms with Crippen LogP contribution in [0.15, 0.2) is 0 Å². The second-order valence-corrected chi connectivity index (χ2v) is 8.32. The summed E-state index contributed by atoms with van der Waals surface area (Å²) in [6.07, 6.45) is 6.42. The predicted molar refractivity (Wildman–Crippen MR) is 101 cm³/mol. The van der Waals surface area contributed by atoms with E-state index in [4.69, 9.17) is 9.72 Å². The predicted octanol–water partition coefficient (Wildman–Crippen LogP) is 4.38. The van der Waals surface area contributed by atoms with Crippen LogP contribution in [0.25, 0.3) is 0 Å². The topological polar surface area (TPSA) is 49.2 Å². The normalized spacial score (nSPS) is 20.2. The van der Waals surface area contributed by atoms with Crippen molar-refractivity contribution in [1.82, 2.24) is 4.98 Å². The molecule has 25 heavy (non-hydrogen) atoms. The molecule has 0 unspecified atom stereocenters. The average Bonchev–Trinajstić information content (AvgIpc) is 2.58. The maximum atomic E-state index is 9.94. The minimum atomic E-state index is -0.213. The minimum Gasteiger partial charge on any atom is -0.370 e. The highest BCUT2D eigenvalue weighted by molar-refractivity contribution is 5.62. The first-order valence-corrected chi connectivity index (χ1v) is 9.78. The van der Waals surface area contributed by atoms with Gasteiger partial charge in [0.1, 0.15) is 11.9 Å². The van der Waals surface area contributed by atoms with Crippen molar-refractivity contribution >= 4 is 5.82 Å². The Kier molecular flexibility index (Phi) is 5.34. The van der Waals surface area contributed by atoms with Crippen LogP contribution in [0.3, 0.4) is 0 Å². The fraction of sp³-hybridized carbons (Fsp3) is 0.714. The van der Waals surface area contributed by atoms with Crippen LogP contribution in [0, 0.1) is 17.2 Å². The summed E-state index contributed by atoms with van der Waals surface area (Å²) in [5, 5.41) is 9.94. The maximum absolute atomic E-state index is 9.94. The third-order valence-corrected chi connectivity index (χ3v) is 5.65. The molecule has 1 aromatic heterocycles. The molecule has 136 valence electrons. The van der Waals surface area contributed by atoms with E-state index in [-0.39, 0.29) is 5.60 Å². The zero-order chi connectivity index (χ0) is 18.0. The Hall–Kier alpha value is -1.60. The summed E-state index contributed by atoms with van der Waals surface area (Å²) in [5.74, 6) is 1.70. The van der Waals surface area contributed by atoms with Crippen molar-refractivity contribution in [1.29, 1.82) is 5.26 Å². The lowest BCUT2D eigenvalue weighted by atomic mass is 9.87. The highest BCUT2D eigenvalue weighted by atomic mass is 16.5. The maximum Gasteiger partial charge on any atom is 0.147 e. The quantitative estimate of drug-likeness (QED) is 0.815. The first-order valence-electron chi connectivity index (χ1n) is 9.78. The summed E-state index contributed by atoms with van der Waals surface area (Å²) in [6, 6.07) is 2.49. The molecule has 3 heterocycles. The molecular weight excluding hydrogens is 310 g/mol. The summed E-state index contributed by atoms with van der Waals surface area (Å²) < 4.78 is 6.05. The van der Waals surface area contributed by atoms with Crippen LogP contribution >= 0.6 is 0 Å². The number of nitriles is 1.